The lowest BCUT2D eigenvalue weighted by atomic mass is 9.40. The van der Waals surface area contributed by atoms with E-state index in [0.29, 0.717) is 16.7 Å². The summed E-state index contributed by atoms with van der Waals surface area (Å²) in [6, 6.07) is 0. The molecule has 2 N–H and O–H groups in total. The highest BCUT2D eigenvalue weighted by Crippen LogP contribution is 2.69. The molecule has 4 fully saturated rings. The fourth-order valence-corrected chi connectivity index (χ4v) is 6.84. The fraction of sp³-hybridized carbons (Fsp3) is 0.947. The number of quaternary nitrogens is 1. The maximum absolute atomic E-state index is 13.0. The Labute approximate surface area is 136 Å². The van der Waals surface area contributed by atoms with E-state index >= 15 is 0 Å². The second-order valence-corrected chi connectivity index (χ2v) is 9.37. The second kappa shape index (κ2) is 5.51. The molecule has 0 saturated heterocycles. The molecule has 0 aromatic heterocycles. The van der Waals surface area contributed by atoms with Crippen molar-refractivity contribution in [1.82, 2.24) is 5.32 Å². The Morgan fingerprint density at radius 3 is 2.14 bits per heavy atom. The Morgan fingerprint density at radius 1 is 1.05 bits per heavy atom. The molecule has 0 spiro atoms. The van der Waals surface area contributed by atoms with Crippen molar-refractivity contribution in [2.75, 3.05) is 26.2 Å². The molecular weight excluding hydrogens is 272 g/mol. The van der Waals surface area contributed by atoms with Gasteiger partial charge < -0.3 is 10.2 Å². The van der Waals surface area contributed by atoms with Crippen LogP contribution in [0, 0.1) is 22.2 Å². The van der Waals surface area contributed by atoms with Crippen molar-refractivity contribution in [1.29, 1.82) is 0 Å². The summed E-state index contributed by atoms with van der Waals surface area (Å²) in [5.74, 6) is 1.17. The number of likely N-dealkylation sites (N-methyl/N-ethyl adjacent to an activating group) is 1. The van der Waals surface area contributed by atoms with Gasteiger partial charge in [-0.1, -0.05) is 13.8 Å². The summed E-state index contributed by atoms with van der Waals surface area (Å²) in [6.07, 6.45) is 7.49. The minimum Gasteiger partial charge on any atom is -0.350 e. The standard InChI is InChI=1S/C19H34N2O/c1-5-21(6-2)8-7-20-16(22)19-11-15-9-17(3,13-19)12-18(4,10-15)14-19/h15H,5-14H2,1-4H3,(H,20,22)/p+1. The molecule has 1 amide bonds. The van der Waals surface area contributed by atoms with Crippen molar-refractivity contribution in [3.63, 3.8) is 0 Å². The Kier molecular flexibility index (Phi) is 4.08. The van der Waals surface area contributed by atoms with Gasteiger partial charge in [-0.15, -0.1) is 0 Å². The Bertz CT molecular complexity index is 425. The van der Waals surface area contributed by atoms with Crippen molar-refractivity contribution >= 4 is 5.91 Å². The largest absolute Gasteiger partial charge is 0.350 e. The molecule has 0 radical (unpaired) electrons. The number of rotatable bonds is 6. The lowest BCUT2D eigenvalue weighted by Gasteiger charge is -2.64. The monoisotopic (exact) mass is 307 g/mol. The van der Waals surface area contributed by atoms with Gasteiger partial charge in [-0.3, -0.25) is 4.79 Å². The minimum absolute atomic E-state index is 0.0402. The highest BCUT2D eigenvalue weighted by atomic mass is 16.2. The highest BCUT2D eigenvalue weighted by Gasteiger charge is 2.62. The molecule has 4 bridgehead atoms. The van der Waals surface area contributed by atoms with Crippen molar-refractivity contribution in [2.24, 2.45) is 22.2 Å². The molecule has 4 saturated carbocycles. The van der Waals surface area contributed by atoms with Crippen LogP contribution in [-0.4, -0.2) is 32.1 Å². The van der Waals surface area contributed by atoms with Crippen LogP contribution in [0.5, 0.6) is 0 Å². The summed E-state index contributed by atoms with van der Waals surface area (Å²) in [5.41, 5.74) is 0.812. The van der Waals surface area contributed by atoms with E-state index in [0.717, 1.165) is 51.4 Å². The first-order valence-corrected chi connectivity index (χ1v) is 9.44. The maximum atomic E-state index is 13.0. The van der Waals surface area contributed by atoms with Crippen LogP contribution in [-0.2, 0) is 4.79 Å². The highest BCUT2D eigenvalue weighted by molar-refractivity contribution is 5.83. The van der Waals surface area contributed by atoms with E-state index in [1.165, 1.54) is 19.3 Å². The first-order chi connectivity index (χ1) is 10.3. The zero-order chi connectivity index (χ0) is 16.0. The van der Waals surface area contributed by atoms with Gasteiger partial charge in [0.1, 0.15) is 0 Å². The minimum atomic E-state index is -0.0402. The number of amides is 1. The average molecular weight is 308 g/mol. The normalized spacial score (nSPS) is 42.9. The van der Waals surface area contributed by atoms with Crippen LogP contribution in [0.15, 0.2) is 0 Å². The van der Waals surface area contributed by atoms with Crippen LogP contribution in [0.1, 0.15) is 66.2 Å². The van der Waals surface area contributed by atoms with E-state index < -0.39 is 0 Å². The van der Waals surface area contributed by atoms with Crippen LogP contribution < -0.4 is 10.2 Å². The first-order valence-electron chi connectivity index (χ1n) is 9.44. The predicted molar refractivity (Wildman–Crippen MR) is 89.8 cm³/mol. The lowest BCUT2D eigenvalue weighted by molar-refractivity contribution is -0.895. The van der Waals surface area contributed by atoms with Gasteiger partial charge >= 0.3 is 0 Å². The maximum Gasteiger partial charge on any atom is 0.226 e. The number of hydrogen-bond acceptors (Lipinski definition) is 1. The van der Waals surface area contributed by atoms with Crippen molar-refractivity contribution in [2.45, 2.75) is 66.2 Å². The number of hydrogen-bond donors (Lipinski definition) is 2. The van der Waals surface area contributed by atoms with Crippen molar-refractivity contribution < 1.29 is 9.69 Å². The van der Waals surface area contributed by atoms with Crippen LogP contribution in [0.4, 0.5) is 0 Å². The summed E-state index contributed by atoms with van der Waals surface area (Å²) < 4.78 is 0. The van der Waals surface area contributed by atoms with E-state index in [-0.39, 0.29) is 5.41 Å². The van der Waals surface area contributed by atoms with Gasteiger partial charge in [-0.05, 0) is 69.1 Å². The van der Waals surface area contributed by atoms with Crippen LogP contribution >= 0.6 is 0 Å². The number of nitrogens with one attached hydrogen (secondary N) is 2. The van der Waals surface area contributed by atoms with Crippen molar-refractivity contribution in [3.8, 4) is 0 Å². The van der Waals surface area contributed by atoms with Gasteiger partial charge in [-0.25, -0.2) is 0 Å². The second-order valence-electron chi connectivity index (χ2n) is 9.37. The Hall–Kier alpha value is -0.570. The molecule has 0 heterocycles. The zero-order valence-corrected chi connectivity index (χ0v) is 15.1. The lowest BCUT2D eigenvalue weighted by Crippen LogP contribution is -3.12. The summed E-state index contributed by atoms with van der Waals surface area (Å²) >= 11 is 0. The topological polar surface area (TPSA) is 33.5 Å². The molecule has 3 nitrogen and oxygen atoms in total. The van der Waals surface area contributed by atoms with Gasteiger partial charge in [0.05, 0.1) is 31.6 Å². The third kappa shape index (κ3) is 2.81. The SMILES string of the molecule is CC[NH+](CC)CCNC(=O)C12CC3CC(C)(CC(C)(C3)C1)C2. The summed E-state index contributed by atoms with van der Waals surface area (Å²) in [7, 11) is 0. The third-order valence-corrected chi connectivity index (χ3v) is 6.87. The quantitative estimate of drug-likeness (QED) is 0.773. The molecular formula is C19H35N2O+. The molecule has 3 heteroatoms. The molecule has 126 valence electrons. The molecule has 0 aromatic rings. The summed E-state index contributed by atoms with van der Waals surface area (Å²) in [4.78, 5) is 14.6. The Balaban J connectivity index is 1.65. The average Bonchev–Trinajstić information content (AvgIpc) is 2.39. The predicted octanol–water partition coefficient (Wildman–Crippen LogP) is 2.02. The van der Waals surface area contributed by atoms with E-state index in [4.69, 9.17) is 0 Å². The van der Waals surface area contributed by atoms with Gasteiger partial charge in [-0.2, -0.15) is 0 Å². The van der Waals surface area contributed by atoms with Crippen LogP contribution in [0.3, 0.4) is 0 Å². The van der Waals surface area contributed by atoms with Crippen molar-refractivity contribution in [3.05, 3.63) is 0 Å². The molecule has 4 aliphatic rings. The van der Waals surface area contributed by atoms with Gasteiger partial charge in [0.15, 0.2) is 0 Å². The van der Waals surface area contributed by atoms with Gasteiger partial charge in [0.2, 0.25) is 5.91 Å². The van der Waals surface area contributed by atoms with E-state index in [2.05, 4.69) is 33.0 Å². The summed E-state index contributed by atoms with van der Waals surface area (Å²) in [5, 5.41) is 3.31. The zero-order valence-electron chi connectivity index (χ0n) is 15.1. The van der Waals surface area contributed by atoms with E-state index in [1.807, 2.05) is 0 Å². The van der Waals surface area contributed by atoms with Crippen LogP contribution in [0.2, 0.25) is 0 Å². The molecule has 2 unspecified atom stereocenters. The molecule has 22 heavy (non-hydrogen) atoms. The molecule has 4 aliphatic carbocycles. The Morgan fingerprint density at radius 2 is 1.64 bits per heavy atom. The van der Waals surface area contributed by atoms with Crippen LogP contribution in [0.25, 0.3) is 0 Å². The smallest absolute Gasteiger partial charge is 0.226 e. The molecule has 4 rings (SSSR count). The number of carbonyl (C=O) groups excluding carboxylic acids is 1. The third-order valence-electron chi connectivity index (χ3n) is 6.87. The summed E-state index contributed by atoms with van der Waals surface area (Å²) in [6.45, 7) is 13.5. The fourth-order valence-electron chi connectivity index (χ4n) is 6.84. The molecule has 2 atom stereocenters. The van der Waals surface area contributed by atoms with Gasteiger partial charge in [0, 0.05) is 0 Å². The van der Waals surface area contributed by atoms with Gasteiger partial charge in [0.25, 0.3) is 0 Å². The van der Waals surface area contributed by atoms with E-state index in [1.54, 1.807) is 4.90 Å². The van der Waals surface area contributed by atoms with E-state index in [9.17, 15) is 4.79 Å². The molecule has 0 aliphatic heterocycles. The first kappa shape index (κ1) is 16.3. The number of carbonyl (C=O) groups is 1. The molecule has 0 aromatic carbocycles.